The number of hydrogen-bond donors (Lipinski definition) is 0. The van der Waals surface area contributed by atoms with E-state index in [-0.39, 0.29) is 37.7 Å². The first-order valence-electron chi connectivity index (χ1n) is 15.7. The maximum Gasteiger partial charge on any atom is 1.00 e. The Kier molecular flexibility index (Phi) is 18.9. The average Bonchev–Trinajstić information content (AvgIpc) is 3.00. The number of rotatable bonds is 10. The van der Waals surface area contributed by atoms with E-state index < -0.39 is 0 Å². The van der Waals surface area contributed by atoms with Crippen LogP contribution in [0.3, 0.4) is 0 Å². The van der Waals surface area contributed by atoms with Crippen LogP contribution in [0.1, 0.15) is 72.5 Å². The van der Waals surface area contributed by atoms with Crippen molar-refractivity contribution in [3.05, 3.63) is 152 Å². The molecule has 0 saturated carbocycles. The van der Waals surface area contributed by atoms with Crippen molar-refractivity contribution in [3.8, 4) is 0 Å². The molecule has 0 unspecified atom stereocenters. The van der Waals surface area contributed by atoms with Crippen LogP contribution >= 0.6 is 0 Å². The third kappa shape index (κ3) is 14.6. The molecule has 0 fully saturated rings. The molecular formula is C40H48Li2N6. The molecule has 0 aliphatic rings. The van der Waals surface area contributed by atoms with Gasteiger partial charge in [0.25, 0.3) is 0 Å². The number of allylic oxidation sites excluding steroid dienone is 4. The summed E-state index contributed by atoms with van der Waals surface area (Å²) >= 11 is 0. The van der Waals surface area contributed by atoms with Crippen LogP contribution in [0.5, 0.6) is 0 Å². The maximum absolute atomic E-state index is 4.76. The number of aromatic nitrogens is 2. The quantitative estimate of drug-likeness (QED) is 0.180. The number of benzene rings is 2. The summed E-state index contributed by atoms with van der Waals surface area (Å²) in [7, 11) is 0. The fourth-order valence-electron chi connectivity index (χ4n) is 5.21. The van der Waals surface area contributed by atoms with Crippen molar-refractivity contribution in [2.24, 2.45) is 9.98 Å². The zero-order valence-electron chi connectivity index (χ0n) is 31.2. The zero-order chi connectivity index (χ0) is 33.6. The predicted octanol–water partition coefficient (Wildman–Crippen LogP) is 5.16. The van der Waals surface area contributed by atoms with Crippen LogP contribution in [0.15, 0.2) is 107 Å². The summed E-state index contributed by atoms with van der Waals surface area (Å²) in [4.78, 5) is 18.1. The van der Waals surface area contributed by atoms with Gasteiger partial charge in [0.1, 0.15) is 0 Å². The number of aliphatic imine (C=N–C) groups is 2. The fourth-order valence-corrected chi connectivity index (χ4v) is 5.21. The Balaban J connectivity index is 0.000000461. The summed E-state index contributed by atoms with van der Waals surface area (Å²) in [5.41, 5.74) is 15.3. The third-order valence-electron chi connectivity index (χ3n) is 7.12. The Labute approximate surface area is 313 Å². The molecule has 2 heterocycles. The second-order valence-corrected chi connectivity index (χ2v) is 11.8. The van der Waals surface area contributed by atoms with Gasteiger partial charge in [-0.05, 0) is 102 Å². The van der Waals surface area contributed by atoms with E-state index in [0.29, 0.717) is 13.1 Å². The average molecular weight is 627 g/mol. The largest absolute Gasteiger partial charge is 1.00 e. The summed E-state index contributed by atoms with van der Waals surface area (Å²) in [6.07, 6.45) is 7.61. The van der Waals surface area contributed by atoms with Crippen LogP contribution in [0.2, 0.25) is 0 Å². The molecule has 0 bridgehead atoms. The first-order valence-corrected chi connectivity index (χ1v) is 15.7. The molecule has 2 aromatic heterocycles. The van der Waals surface area contributed by atoms with Crippen molar-refractivity contribution in [1.29, 1.82) is 0 Å². The minimum Gasteiger partial charge on any atom is -0.683 e. The molecular weight excluding hydrogens is 578 g/mol. The fraction of sp³-hybridized carbons (Fsp3) is 0.300. The Bertz CT molecular complexity index is 1550. The van der Waals surface area contributed by atoms with Crippen molar-refractivity contribution in [2.45, 2.75) is 82.3 Å². The standard InChI is InChI=1S/2C20H24N3.2Li/c2*1-14-10-15(2)20(16(3)11-14)23-18(5)12-17(4)22-13-19-8-6-7-9-21-19;;/h2*6-12H,13H2,1-5H3;;/q2*-1;2*+1/b2*17-12-,23-18?;;. The molecule has 4 rings (SSSR count). The molecule has 0 amide bonds. The number of hydrogen-bond acceptors (Lipinski definition) is 4. The van der Waals surface area contributed by atoms with Crippen LogP contribution in [0.4, 0.5) is 11.4 Å². The van der Waals surface area contributed by atoms with Crippen molar-refractivity contribution in [2.75, 3.05) is 0 Å². The molecule has 0 N–H and O–H groups in total. The monoisotopic (exact) mass is 626 g/mol. The Morgan fingerprint density at radius 1 is 0.562 bits per heavy atom. The number of aryl methyl sites for hydroxylation is 6. The van der Waals surface area contributed by atoms with E-state index >= 15 is 0 Å². The normalized spacial score (nSPS) is 11.9. The molecule has 8 heteroatoms. The van der Waals surface area contributed by atoms with Crippen LogP contribution in [0.25, 0.3) is 10.6 Å². The van der Waals surface area contributed by atoms with Crippen LogP contribution in [-0.4, -0.2) is 21.4 Å². The molecule has 0 radical (unpaired) electrons. The van der Waals surface area contributed by atoms with Crippen molar-refractivity contribution < 1.29 is 37.7 Å². The third-order valence-corrected chi connectivity index (χ3v) is 7.12. The molecule has 0 aliphatic heterocycles. The van der Waals surface area contributed by atoms with Crippen molar-refractivity contribution in [3.63, 3.8) is 0 Å². The summed E-state index contributed by atoms with van der Waals surface area (Å²) in [5.74, 6) is 0. The van der Waals surface area contributed by atoms with Crippen LogP contribution in [0, 0.1) is 41.5 Å². The zero-order valence-corrected chi connectivity index (χ0v) is 31.2. The minimum absolute atomic E-state index is 0. The summed E-state index contributed by atoms with van der Waals surface area (Å²) in [6, 6.07) is 20.4. The predicted molar refractivity (Wildman–Crippen MR) is 197 cm³/mol. The Morgan fingerprint density at radius 3 is 1.19 bits per heavy atom. The molecule has 0 atom stereocenters. The van der Waals surface area contributed by atoms with Gasteiger partial charge in [0.15, 0.2) is 0 Å². The van der Waals surface area contributed by atoms with Crippen LogP contribution in [-0.2, 0) is 13.1 Å². The molecule has 48 heavy (non-hydrogen) atoms. The van der Waals surface area contributed by atoms with E-state index in [0.717, 1.165) is 45.6 Å². The molecule has 4 aromatic rings. The minimum atomic E-state index is 0. The van der Waals surface area contributed by atoms with Gasteiger partial charge in [-0.15, -0.1) is 0 Å². The van der Waals surface area contributed by atoms with Gasteiger partial charge in [-0.3, -0.25) is 20.0 Å². The summed E-state index contributed by atoms with van der Waals surface area (Å²) in [6.45, 7) is 21.9. The van der Waals surface area contributed by atoms with E-state index in [9.17, 15) is 0 Å². The number of pyridine rings is 2. The van der Waals surface area contributed by atoms with E-state index in [1.165, 1.54) is 33.4 Å². The van der Waals surface area contributed by atoms with Gasteiger partial charge >= 0.3 is 37.7 Å². The molecule has 0 saturated heterocycles. The SMILES string of the molecule is CC(/C=C(/C)[N-]Cc1ccccn1)=Nc1c(C)cc(C)cc1C.CC(/C=C(/C)[N-]Cc1ccccn1)=Nc1c(C)cc(C)cc1C.[Li+].[Li+]. The second kappa shape index (κ2) is 21.4. The van der Waals surface area contributed by atoms with E-state index in [2.05, 4.69) is 86.4 Å². The van der Waals surface area contributed by atoms with Gasteiger partial charge in [0.05, 0.1) is 11.4 Å². The van der Waals surface area contributed by atoms with Gasteiger partial charge in [-0.1, -0.05) is 86.6 Å². The number of nitrogens with zero attached hydrogens (tertiary/aromatic N) is 6. The van der Waals surface area contributed by atoms with Gasteiger partial charge < -0.3 is 10.6 Å². The van der Waals surface area contributed by atoms with Gasteiger partial charge in [0.2, 0.25) is 0 Å². The van der Waals surface area contributed by atoms with Crippen LogP contribution < -0.4 is 37.7 Å². The van der Waals surface area contributed by atoms with E-state index in [4.69, 9.17) is 9.98 Å². The van der Waals surface area contributed by atoms with E-state index in [1.54, 1.807) is 12.4 Å². The maximum atomic E-state index is 4.76. The van der Waals surface area contributed by atoms with Gasteiger partial charge in [0, 0.05) is 35.2 Å². The molecule has 6 nitrogen and oxygen atoms in total. The van der Waals surface area contributed by atoms with Gasteiger partial charge in [-0.25, -0.2) is 0 Å². The Morgan fingerprint density at radius 2 is 0.896 bits per heavy atom. The topological polar surface area (TPSA) is 78.7 Å². The van der Waals surface area contributed by atoms with Crippen molar-refractivity contribution >= 4 is 22.8 Å². The van der Waals surface area contributed by atoms with E-state index in [1.807, 2.05) is 76.2 Å². The first kappa shape index (κ1) is 42.4. The smallest absolute Gasteiger partial charge is 0.683 e. The molecule has 2 aromatic carbocycles. The first-order chi connectivity index (χ1) is 21.9. The Hall–Kier alpha value is -3.65. The van der Waals surface area contributed by atoms with Gasteiger partial charge in [-0.2, -0.15) is 11.4 Å². The van der Waals surface area contributed by atoms with Crippen molar-refractivity contribution in [1.82, 2.24) is 9.97 Å². The summed E-state index contributed by atoms with van der Waals surface area (Å²) in [5, 5.41) is 9.11. The molecule has 0 spiro atoms. The molecule has 0 aliphatic carbocycles. The second-order valence-electron chi connectivity index (χ2n) is 11.8. The molecule has 240 valence electrons. The summed E-state index contributed by atoms with van der Waals surface area (Å²) < 4.78 is 0.